The Morgan fingerprint density at radius 3 is 2.38 bits per heavy atom. The van der Waals surface area contributed by atoms with Gasteiger partial charge in [0.15, 0.2) is 5.82 Å². The molecule has 0 fully saturated rings. The third-order valence-electron chi connectivity index (χ3n) is 7.39. The SMILES string of the molecule is C/C=C(\C)c1cccc(COc2cccc(C(C)(F)F)c2-c2nc(-c3ccc(C#Cc4cccc(F)c4)cc3)nc(=O)[nH]2)c1C. The van der Waals surface area contributed by atoms with Crippen LogP contribution in [0.4, 0.5) is 13.2 Å². The fourth-order valence-electron chi connectivity index (χ4n) is 4.88. The lowest BCUT2D eigenvalue weighted by atomic mass is 9.97. The maximum Gasteiger partial charge on any atom is 0.348 e. The molecule has 0 aliphatic rings. The molecule has 0 spiro atoms. The lowest BCUT2D eigenvalue weighted by molar-refractivity contribution is 0.0178. The molecule has 5 nitrogen and oxygen atoms in total. The van der Waals surface area contributed by atoms with Gasteiger partial charge in [0.05, 0.1) is 5.56 Å². The number of halogens is 3. The zero-order valence-corrected chi connectivity index (χ0v) is 25.2. The Balaban J connectivity index is 1.51. The van der Waals surface area contributed by atoms with Crippen LogP contribution in [0.15, 0.2) is 95.8 Å². The lowest BCUT2D eigenvalue weighted by Gasteiger charge is -2.20. The molecule has 1 aromatic heterocycles. The van der Waals surface area contributed by atoms with E-state index in [9.17, 15) is 18.0 Å². The number of alkyl halides is 2. The number of aromatic nitrogens is 3. The molecule has 0 radical (unpaired) electrons. The number of hydrogen-bond acceptors (Lipinski definition) is 4. The Labute approximate surface area is 259 Å². The van der Waals surface area contributed by atoms with E-state index >= 15 is 0 Å². The van der Waals surface area contributed by atoms with Gasteiger partial charge in [-0.15, -0.1) is 0 Å². The van der Waals surface area contributed by atoms with Crippen LogP contribution in [0.25, 0.3) is 28.3 Å². The minimum atomic E-state index is -3.27. The van der Waals surface area contributed by atoms with E-state index in [0.29, 0.717) is 16.7 Å². The summed E-state index contributed by atoms with van der Waals surface area (Å²) < 4.78 is 49.5. The van der Waals surface area contributed by atoms with E-state index in [-0.39, 0.29) is 40.9 Å². The second kappa shape index (κ2) is 13.1. The molecule has 0 unspecified atom stereocenters. The molecule has 0 amide bonds. The van der Waals surface area contributed by atoms with Crippen molar-refractivity contribution >= 4 is 5.57 Å². The highest BCUT2D eigenvalue weighted by atomic mass is 19.3. The minimum absolute atomic E-state index is 0.0261. The Kier molecular flexibility index (Phi) is 9.01. The van der Waals surface area contributed by atoms with Gasteiger partial charge < -0.3 is 4.74 Å². The van der Waals surface area contributed by atoms with E-state index in [1.807, 2.05) is 45.0 Å². The fraction of sp³-hybridized carbons (Fsp3) is 0.162. The van der Waals surface area contributed by atoms with Crippen molar-refractivity contribution in [1.82, 2.24) is 15.0 Å². The summed E-state index contributed by atoms with van der Waals surface area (Å²) in [6, 6.07) is 23.0. The van der Waals surface area contributed by atoms with Crippen molar-refractivity contribution < 1.29 is 17.9 Å². The monoisotopic (exact) mass is 605 g/mol. The molecule has 45 heavy (non-hydrogen) atoms. The Morgan fingerprint density at radius 1 is 0.956 bits per heavy atom. The zero-order valence-electron chi connectivity index (χ0n) is 25.2. The Morgan fingerprint density at radius 2 is 1.67 bits per heavy atom. The molecule has 1 heterocycles. The number of ether oxygens (including phenoxy) is 1. The van der Waals surface area contributed by atoms with Crippen LogP contribution in [0.3, 0.4) is 0 Å². The van der Waals surface area contributed by atoms with Gasteiger partial charge in [-0.05, 0) is 91.6 Å². The topological polar surface area (TPSA) is 67.9 Å². The maximum absolute atomic E-state index is 14.9. The number of H-pyrrole nitrogens is 1. The maximum atomic E-state index is 14.9. The standard InChI is InChI=1S/C37H30F3N3O2/c1-5-23(2)30-12-7-10-28(24(30)3)22-45-32-14-8-13-31(37(4,39)40)33(32)35-41-34(42-36(44)43-35)27-19-17-25(18-20-27)15-16-26-9-6-11-29(38)21-26/h5-14,17-21H,22H2,1-4H3,(H,41,42,43,44)/b23-5+. The predicted octanol–water partition coefficient (Wildman–Crippen LogP) is 8.46. The van der Waals surface area contributed by atoms with Crippen molar-refractivity contribution in [2.45, 2.75) is 40.2 Å². The number of nitrogens with one attached hydrogen (secondary N) is 1. The van der Waals surface area contributed by atoms with E-state index in [1.165, 1.54) is 24.3 Å². The third kappa shape index (κ3) is 7.22. The lowest BCUT2D eigenvalue weighted by Crippen LogP contribution is -2.17. The van der Waals surface area contributed by atoms with Gasteiger partial charge in [0, 0.05) is 29.2 Å². The molecule has 8 heteroatoms. The van der Waals surface area contributed by atoms with Gasteiger partial charge in [-0.3, -0.25) is 4.98 Å². The van der Waals surface area contributed by atoms with Crippen molar-refractivity contribution in [1.29, 1.82) is 0 Å². The summed E-state index contributed by atoms with van der Waals surface area (Å²) in [4.78, 5) is 23.8. The van der Waals surface area contributed by atoms with Crippen molar-refractivity contribution in [2.24, 2.45) is 0 Å². The molecule has 5 aromatic rings. The van der Waals surface area contributed by atoms with Gasteiger partial charge in [0.2, 0.25) is 0 Å². The normalized spacial score (nSPS) is 11.6. The summed E-state index contributed by atoms with van der Waals surface area (Å²) in [5.41, 5.74) is 4.62. The highest BCUT2D eigenvalue weighted by Gasteiger charge is 2.31. The van der Waals surface area contributed by atoms with Crippen molar-refractivity contribution in [3.8, 4) is 40.4 Å². The smallest absolute Gasteiger partial charge is 0.348 e. The van der Waals surface area contributed by atoms with Gasteiger partial charge >= 0.3 is 5.69 Å². The van der Waals surface area contributed by atoms with E-state index < -0.39 is 11.6 Å². The van der Waals surface area contributed by atoms with Crippen LogP contribution in [0.1, 0.15) is 54.2 Å². The molecule has 0 atom stereocenters. The first-order valence-corrected chi connectivity index (χ1v) is 14.3. The number of aromatic amines is 1. The molecule has 0 aliphatic carbocycles. The molecule has 4 aromatic carbocycles. The first kappa shape index (κ1) is 31.0. The molecule has 0 saturated carbocycles. The largest absolute Gasteiger partial charge is 0.488 e. The number of rotatable bonds is 7. The summed E-state index contributed by atoms with van der Waals surface area (Å²) in [5, 5.41) is 0. The first-order chi connectivity index (χ1) is 21.5. The van der Waals surface area contributed by atoms with E-state index in [4.69, 9.17) is 4.74 Å². The quantitative estimate of drug-likeness (QED) is 0.189. The second-order valence-corrected chi connectivity index (χ2v) is 10.6. The number of nitrogens with zero attached hydrogens (tertiary/aromatic N) is 2. The van der Waals surface area contributed by atoms with Crippen LogP contribution in [-0.2, 0) is 12.5 Å². The number of benzene rings is 4. The first-order valence-electron chi connectivity index (χ1n) is 14.3. The van der Waals surface area contributed by atoms with Gasteiger partial charge in [-0.25, -0.2) is 22.9 Å². The van der Waals surface area contributed by atoms with Gasteiger partial charge in [-0.1, -0.05) is 54.3 Å². The van der Waals surface area contributed by atoms with Crippen LogP contribution in [0.5, 0.6) is 5.75 Å². The van der Waals surface area contributed by atoms with Crippen LogP contribution < -0.4 is 10.4 Å². The van der Waals surface area contributed by atoms with Crippen LogP contribution in [-0.4, -0.2) is 15.0 Å². The number of allylic oxidation sites excluding steroid dienone is 2. The molecular weight excluding hydrogens is 575 g/mol. The Bertz CT molecular complexity index is 2010. The van der Waals surface area contributed by atoms with Crippen LogP contribution in [0.2, 0.25) is 0 Å². The van der Waals surface area contributed by atoms with Crippen LogP contribution in [0, 0.1) is 24.6 Å². The molecule has 0 bridgehead atoms. The molecule has 0 saturated heterocycles. The predicted molar refractivity (Wildman–Crippen MR) is 170 cm³/mol. The van der Waals surface area contributed by atoms with Crippen molar-refractivity contribution in [3.63, 3.8) is 0 Å². The molecular formula is C37H30F3N3O2. The third-order valence-corrected chi connectivity index (χ3v) is 7.39. The molecule has 226 valence electrons. The van der Waals surface area contributed by atoms with E-state index in [2.05, 4.69) is 26.8 Å². The minimum Gasteiger partial charge on any atom is -0.488 e. The fourth-order valence-corrected chi connectivity index (χ4v) is 4.88. The molecule has 5 rings (SSSR count). The second-order valence-electron chi connectivity index (χ2n) is 10.6. The van der Waals surface area contributed by atoms with Gasteiger partial charge in [0.1, 0.15) is 24.0 Å². The highest BCUT2D eigenvalue weighted by Crippen LogP contribution is 2.40. The van der Waals surface area contributed by atoms with Crippen LogP contribution >= 0.6 is 0 Å². The summed E-state index contributed by atoms with van der Waals surface area (Å²) >= 11 is 0. The highest BCUT2D eigenvalue weighted by molar-refractivity contribution is 5.71. The number of hydrogen-bond donors (Lipinski definition) is 1. The van der Waals surface area contributed by atoms with E-state index in [0.717, 1.165) is 29.2 Å². The van der Waals surface area contributed by atoms with Gasteiger partial charge in [-0.2, -0.15) is 4.98 Å². The summed E-state index contributed by atoms with van der Waals surface area (Å²) in [7, 11) is 0. The zero-order chi connectivity index (χ0) is 32.1. The molecule has 1 N–H and O–H groups in total. The van der Waals surface area contributed by atoms with E-state index in [1.54, 1.807) is 42.5 Å². The average Bonchev–Trinajstić information content (AvgIpc) is 3.02. The summed E-state index contributed by atoms with van der Waals surface area (Å²) in [5.74, 6) is 2.32. The Hall–Kier alpha value is -5.42. The van der Waals surface area contributed by atoms with Crippen molar-refractivity contribution in [3.05, 3.63) is 141 Å². The summed E-state index contributed by atoms with van der Waals surface area (Å²) in [6.45, 7) is 6.88. The van der Waals surface area contributed by atoms with Crippen molar-refractivity contribution in [2.75, 3.05) is 0 Å². The average molecular weight is 606 g/mol. The summed E-state index contributed by atoms with van der Waals surface area (Å²) in [6.07, 6.45) is 2.02. The molecule has 0 aliphatic heterocycles. The van der Waals surface area contributed by atoms with Gasteiger partial charge in [0.25, 0.3) is 5.92 Å².